The molecule has 0 saturated carbocycles. The normalized spacial score (nSPS) is 26.4. The molecule has 1 N–H and O–H groups in total. The Morgan fingerprint density at radius 2 is 2.12 bits per heavy atom. The van der Waals surface area contributed by atoms with E-state index in [-0.39, 0.29) is 23.9 Å². The maximum Gasteiger partial charge on any atom is 0.245 e. The number of piperazine rings is 1. The molecule has 1 heterocycles. The Labute approximate surface area is 103 Å². The topological polar surface area (TPSA) is 49.4 Å². The Bertz CT molecular complexity index is 346. The first-order valence-corrected chi connectivity index (χ1v) is 6.12. The molecule has 1 saturated heterocycles. The molecule has 1 aliphatic rings. The van der Waals surface area contributed by atoms with E-state index in [2.05, 4.69) is 11.2 Å². The largest absolute Gasteiger partial charge is 0.343 e. The smallest absolute Gasteiger partial charge is 0.245 e. The Kier molecular flexibility index (Phi) is 4.56. The number of nitrogens with one attached hydrogen (secondary N) is 1. The van der Waals surface area contributed by atoms with Crippen molar-refractivity contribution >= 4 is 11.8 Å². The predicted octanol–water partition coefficient (Wildman–Crippen LogP) is 0.914. The molecule has 3 atom stereocenters. The maximum absolute atomic E-state index is 12.2. The highest BCUT2D eigenvalue weighted by molar-refractivity contribution is 5.96. The van der Waals surface area contributed by atoms with Gasteiger partial charge in [0.2, 0.25) is 11.8 Å². The molecule has 0 aliphatic carbocycles. The molecule has 0 aromatic rings. The van der Waals surface area contributed by atoms with Gasteiger partial charge in [-0.1, -0.05) is 13.8 Å². The van der Waals surface area contributed by atoms with Crippen LogP contribution >= 0.6 is 0 Å². The number of carbonyl (C=O) groups excluding carboxylic acids is 2. The highest BCUT2D eigenvalue weighted by atomic mass is 16.2. The summed E-state index contributed by atoms with van der Waals surface area (Å²) in [6, 6.07) is -0.861. The summed E-state index contributed by atoms with van der Waals surface area (Å²) in [4.78, 5) is 25.7. The van der Waals surface area contributed by atoms with Gasteiger partial charge in [-0.3, -0.25) is 9.59 Å². The second-order valence-corrected chi connectivity index (χ2v) is 4.37. The summed E-state index contributed by atoms with van der Waals surface area (Å²) in [6.45, 7) is 5.60. The molecule has 0 bridgehead atoms. The van der Waals surface area contributed by atoms with Gasteiger partial charge in [0.05, 0.1) is 0 Å². The van der Waals surface area contributed by atoms with Crippen molar-refractivity contribution in [3.63, 3.8) is 0 Å². The number of carbonyl (C=O) groups is 2. The fourth-order valence-electron chi connectivity index (χ4n) is 2.27. The Morgan fingerprint density at radius 1 is 1.47 bits per heavy atom. The Morgan fingerprint density at radius 3 is 2.59 bits per heavy atom. The van der Waals surface area contributed by atoms with E-state index in [0.29, 0.717) is 12.8 Å². The average molecular weight is 236 g/mol. The molecule has 2 amide bonds. The van der Waals surface area contributed by atoms with Crippen LogP contribution in [0.1, 0.15) is 40.0 Å². The lowest BCUT2D eigenvalue weighted by Gasteiger charge is -2.41. The van der Waals surface area contributed by atoms with Crippen LogP contribution in [0.15, 0.2) is 0 Å². The van der Waals surface area contributed by atoms with Crippen LogP contribution < -0.4 is 5.32 Å². The lowest BCUT2D eigenvalue weighted by atomic mass is 9.99. The minimum Gasteiger partial charge on any atom is -0.343 e. The number of amides is 2. The number of terminal acetylenes is 1. The predicted molar refractivity (Wildman–Crippen MR) is 66.1 cm³/mol. The second-order valence-electron chi connectivity index (χ2n) is 4.37. The third kappa shape index (κ3) is 2.60. The molecule has 0 spiro atoms. The first kappa shape index (κ1) is 13.6. The molecule has 0 aromatic heterocycles. The van der Waals surface area contributed by atoms with Crippen LogP contribution in [0.5, 0.6) is 0 Å². The van der Waals surface area contributed by atoms with E-state index in [1.54, 1.807) is 11.8 Å². The molecule has 0 radical (unpaired) electrons. The van der Waals surface area contributed by atoms with E-state index >= 15 is 0 Å². The van der Waals surface area contributed by atoms with E-state index in [1.165, 1.54) is 0 Å². The van der Waals surface area contributed by atoms with E-state index < -0.39 is 6.04 Å². The Hall–Kier alpha value is -1.50. The van der Waals surface area contributed by atoms with Gasteiger partial charge < -0.3 is 10.2 Å². The highest BCUT2D eigenvalue weighted by Gasteiger charge is 2.40. The minimum absolute atomic E-state index is 0.0291. The fraction of sp³-hybridized carbons (Fsp3) is 0.692. The quantitative estimate of drug-likeness (QED) is 0.738. The van der Waals surface area contributed by atoms with Crippen LogP contribution in [0, 0.1) is 12.3 Å². The molecular weight excluding hydrogens is 216 g/mol. The average Bonchev–Trinajstić information content (AvgIpc) is 2.31. The number of nitrogens with zero attached hydrogens (tertiary/aromatic N) is 1. The van der Waals surface area contributed by atoms with Gasteiger partial charge in [-0.15, -0.1) is 12.3 Å². The van der Waals surface area contributed by atoms with Gasteiger partial charge in [-0.25, -0.2) is 0 Å². The van der Waals surface area contributed by atoms with E-state index in [4.69, 9.17) is 6.42 Å². The van der Waals surface area contributed by atoms with Crippen molar-refractivity contribution < 1.29 is 9.59 Å². The monoisotopic (exact) mass is 236 g/mol. The summed E-state index contributed by atoms with van der Waals surface area (Å²) in [5.41, 5.74) is 0. The van der Waals surface area contributed by atoms with Gasteiger partial charge in [0.1, 0.15) is 12.1 Å². The van der Waals surface area contributed by atoms with E-state index in [1.807, 2.05) is 13.8 Å². The van der Waals surface area contributed by atoms with Crippen molar-refractivity contribution in [2.45, 2.75) is 58.2 Å². The van der Waals surface area contributed by atoms with Gasteiger partial charge in [-0.2, -0.15) is 0 Å². The van der Waals surface area contributed by atoms with Crippen LogP contribution in [0.4, 0.5) is 0 Å². The van der Waals surface area contributed by atoms with Crippen LogP contribution in [0.25, 0.3) is 0 Å². The summed E-state index contributed by atoms with van der Waals surface area (Å²) in [5.74, 6) is 2.48. The number of rotatable bonds is 4. The van der Waals surface area contributed by atoms with Crippen molar-refractivity contribution in [2.24, 2.45) is 0 Å². The zero-order valence-corrected chi connectivity index (χ0v) is 10.7. The summed E-state index contributed by atoms with van der Waals surface area (Å²) < 4.78 is 0. The van der Waals surface area contributed by atoms with E-state index in [9.17, 15) is 9.59 Å². The molecule has 1 aliphatic heterocycles. The zero-order chi connectivity index (χ0) is 13.0. The highest BCUT2D eigenvalue weighted by Crippen LogP contribution is 2.20. The number of hydrogen-bond acceptors (Lipinski definition) is 2. The SMILES string of the molecule is C#CCC(CC)N1C(=O)C(C)NC(=O)C1CC. The summed E-state index contributed by atoms with van der Waals surface area (Å²) in [6.07, 6.45) is 7.21. The molecule has 17 heavy (non-hydrogen) atoms. The van der Waals surface area contributed by atoms with Crippen LogP contribution in [0.2, 0.25) is 0 Å². The van der Waals surface area contributed by atoms with Crippen molar-refractivity contribution in [1.82, 2.24) is 10.2 Å². The molecule has 4 heteroatoms. The molecular formula is C13H20N2O2. The molecule has 4 nitrogen and oxygen atoms in total. The maximum atomic E-state index is 12.2. The lowest BCUT2D eigenvalue weighted by molar-refractivity contribution is -0.151. The summed E-state index contributed by atoms with van der Waals surface area (Å²) >= 11 is 0. The van der Waals surface area contributed by atoms with Crippen molar-refractivity contribution in [3.8, 4) is 12.3 Å². The zero-order valence-electron chi connectivity index (χ0n) is 10.7. The van der Waals surface area contributed by atoms with Crippen molar-refractivity contribution in [2.75, 3.05) is 0 Å². The fourth-order valence-corrected chi connectivity index (χ4v) is 2.27. The molecule has 0 aromatic carbocycles. The standard InChI is InChI=1S/C13H20N2O2/c1-5-8-10(6-2)15-11(7-3)12(16)14-9(4)13(15)17/h1,9-11H,6-8H2,2-4H3,(H,14,16). The Balaban J connectivity index is 3.00. The van der Waals surface area contributed by atoms with Gasteiger partial charge in [-0.05, 0) is 19.8 Å². The van der Waals surface area contributed by atoms with Gasteiger partial charge in [0.15, 0.2) is 0 Å². The molecule has 1 rings (SSSR count). The van der Waals surface area contributed by atoms with Gasteiger partial charge >= 0.3 is 0 Å². The second kappa shape index (κ2) is 5.72. The minimum atomic E-state index is -0.447. The molecule has 3 unspecified atom stereocenters. The summed E-state index contributed by atoms with van der Waals surface area (Å²) in [7, 11) is 0. The lowest BCUT2D eigenvalue weighted by Crippen LogP contribution is -2.64. The third-order valence-corrected chi connectivity index (χ3v) is 3.23. The van der Waals surface area contributed by atoms with Gasteiger partial charge in [0, 0.05) is 12.5 Å². The van der Waals surface area contributed by atoms with Crippen LogP contribution in [-0.4, -0.2) is 34.8 Å². The van der Waals surface area contributed by atoms with Crippen LogP contribution in [0.3, 0.4) is 0 Å². The molecule has 94 valence electrons. The summed E-state index contributed by atoms with van der Waals surface area (Å²) in [5, 5.41) is 2.70. The van der Waals surface area contributed by atoms with Gasteiger partial charge in [0.25, 0.3) is 0 Å². The first-order valence-electron chi connectivity index (χ1n) is 6.12. The van der Waals surface area contributed by atoms with Crippen LogP contribution in [-0.2, 0) is 9.59 Å². The van der Waals surface area contributed by atoms with E-state index in [0.717, 1.165) is 6.42 Å². The molecule has 1 fully saturated rings. The van der Waals surface area contributed by atoms with Crippen molar-refractivity contribution in [1.29, 1.82) is 0 Å². The first-order chi connectivity index (χ1) is 8.06. The third-order valence-electron chi connectivity index (χ3n) is 3.23. The van der Waals surface area contributed by atoms with Crippen molar-refractivity contribution in [3.05, 3.63) is 0 Å². The number of hydrogen-bond donors (Lipinski definition) is 1.